The van der Waals surface area contributed by atoms with E-state index in [0.29, 0.717) is 15.9 Å². The highest BCUT2D eigenvalue weighted by Gasteiger charge is 2.18. The number of nitrogens with one attached hydrogen (secondary N) is 1. The molecule has 2 aromatic rings. The number of rotatable bonds is 2. The molecule has 0 radical (unpaired) electrons. The lowest BCUT2D eigenvalue weighted by atomic mass is 9.96. The molecule has 1 aliphatic rings. The number of benzene rings is 1. The summed E-state index contributed by atoms with van der Waals surface area (Å²) < 4.78 is 0. The molecule has 0 aliphatic heterocycles. The molecule has 3 rings (SSSR count). The molecule has 0 atom stereocenters. The van der Waals surface area contributed by atoms with Crippen LogP contribution >= 0.6 is 23.2 Å². The summed E-state index contributed by atoms with van der Waals surface area (Å²) in [7, 11) is 1.89. The van der Waals surface area contributed by atoms with Gasteiger partial charge in [-0.2, -0.15) is 0 Å². The van der Waals surface area contributed by atoms with Gasteiger partial charge >= 0.3 is 0 Å². The molecule has 1 aromatic carbocycles. The Morgan fingerprint density at radius 2 is 1.70 bits per heavy atom. The average Bonchev–Trinajstić information content (AvgIpc) is 2.45. The molecule has 1 aliphatic carbocycles. The Hall–Kier alpha value is -1.32. The van der Waals surface area contributed by atoms with Crippen molar-refractivity contribution in [3.63, 3.8) is 0 Å². The number of anilines is 1. The zero-order valence-electron chi connectivity index (χ0n) is 11.2. The normalized spacial score (nSPS) is 13.9. The Labute approximate surface area is 128 Å². The van der Waals surface area contributed by atoms with Crippen LogP contribution in [0, 0.1) is 0 Å². The SMILES string of the molecule is CNc1nc(-c2cc(Cl)cc(Cl)c2)nc2c1CCCC2. The molecule has 1 aromatic heterocycles. The van der Waals surface area contributed by atoms with Crippen LogP contribution in [0.3, 0.4) is 0 Å². The monoisotopic (exact) mass is 307 g/mol. The minimum absolute atomic E-state index is 0.597. The minimum atomic E-state index is 0.597. The quantitative estimate of drug-likeness (QED) is 0.895. The highest BCUT2D eigenvalue weighted by molar-refractivity contribution is 6.35. The summed E-state index contributed by atoms with van der Waals surface area (Å²) in [6.45, 7) is 0. The number of nitrogens with zero attached hydrogens (tertiary/aromatic N) is 2. The van der Waals surface area contributed by atoms with Gasteiger partial charge in [0.05, 0.1) is 0 Å². The third-order valence-corrected chi connectivity index (χ3v) is 3.98. The van der Waals surface area contributed by atoms with E-state index in [1.165, 1.54) is 18.4 Å². The molecule has 0 unspecified atom stereocenters. The fraction of sp³-hybridized carbons (Fsp3) is 0.333. The Bertz CT molecular complexity index is 618. The van der Waals surface area contributed by atoms with E-state index in [2.05, 4.69) is 10.3 Å². The molecule has 0 saturated heterocycles. The molecule has 0 saturated carbocycles. The van der Waals surface area contributed by atoms with Gasteiger partial charge in [0.2, 0.25) is 0 Å². The summed E-state index contributed by atoms with van der Waals surface area (Å²) in [6.07, 6.45) is 4.44. The van der Waals surface area contributed by atoms with E-state index in [1.807, 2.05) is 19.2 Å². The van der Waals surface area contributed by atoms with Crippen LogP contribution < -0.4 is 5.32 Å². The molecule has 20 heavy (non-hydrogen) atoms. The second kappa shape index (κ2) is 5.58. The predicted molar refractivity (Wildman–Crippen MR) is 83.7 cm³/mol. The Kier molecular flexibility index (Phi) is 3.81. The van der Waals surface area contributed by atoms with Gasteiger partial charge in [-0.05, 0) is 43.9 Å². The number of halogens is 2. The molecule has 1 heterocycles. The van der Waals surface area contributed by atoms with Gasteiger partial charge < -0.3 is 5.32 Å². The number of aromatic nitrogens is 2. The molecule has 0 fully saturated rings. The van der Waals surface area contributed by atoms with Gasteiger partial charge in [-0.15, -0.1) is 0 Å². The maximum atomic E-state index is 6.06. The van der Waals surface area contributed by atoms with E-state index in [9.17, 15) is 0 Å². The van der Waals surface area contributed by atoms with Crippen LogP contribution in [0.5, 0.6) is 0 Å². The van der Waals surface area contributed by atoms with Crippen LogP contribution in [0.1, 0.15) is 24.1 Å². The summed E-state index contributed by atoms with van der Waals surface area (Å²) in [6, 6.07) is 5.40. The first-order valence-electron chi connectivity index (χ1n) is 6.71. The summed E-state index contributed by atoms with van der Waals surface area (Å²) in [5, 5.41) is 4.37. The van der Waals surface area contributed by atoms with Gasteiger partial charge in [-0.25, -0.2) is 9.97 Å². The first-order chi connectivity index (χ1) is 9.67. The Morgan fingerprint density at radius 3 is 2.40 bits per heavy atom. The van der Waals surface area contributed by atoms with Crippen molar-refractivity contribution in [2.45, 2.75) is 25.7 Å². The zero-order valence-corrected chi connectivity index (χ0v) is 12.7. The van der Waals surface area contributed by atoms with Crippen molar-refractivity contribution in [1.82, 2.24) is 9.97 Å². The van der Waals surface area contributed by atoms with E-state index in [-0.39, 0.29) is 0 Å². The molecule has 104 valence electrons. The molecule has 0 spiro atoms. The lowest BCUT2D eigenvalue weighted by Crippen LogP contribution is -2.11. The molecule has 0 bridgehead atoms. The van der Waals surface area contributed by atoms with Gasteiger partial charge in [0.1, 0.15) is 5.82 Å². The third kappa shape index (κ3) is 2.60. The second-order valence-electron chi connectivity index (χ2n) is 4.94. The lowest BCUT2D eigenvalue weighted by molar-refractivity contribution is 0.665. The van der Waals surface area contributed by atoms with Gasteiger partial charge in [0, 0.05) is 33.9 Å². The van der Waals surface area contributed by atoms with Crippen molar-refractivity contribution in [3.8, 4) is 11.4 Å². The summed E-state index contributed by atoms with van der Waals surface area (Å²) in [5.41, 5.74) is 3.24. The number of aryl methyl sites for hydroxylation is 1. The average molecular weight is 308 g/mol. The number of hydrogen-bond acceptors (Lipinski definition) is 3. The van der Waals surface area contributed by atoms with Crippen LogP contribution in [0.25, 0.3) is 11.4 Å². The second-order valence-corrected chi connectivity index (χ2v) is 5.81. The van der Waals surface area contributed by atoms with E-state index in [1.54, 1.807) is 6.07 Å². The molecule has 1 N–H and O–H groups in total. The highest BCUT2D eigenvalue weighted by Crippen LogP contribution is 2.30. The maximum absolute atomic E-state index is 6.06. The largest absolute Gasteiger partial charge is 0.373 e. The van der Waals surface area contributed by atoms with Crippen LogP contribution in [0.15, 0.2) is 18.2 Å². The highest BCUT2D eigenvalue weighted by atomic mass is 35.5. The molecule has 5 heteroatoms. The van der Waals surface area contributed by atoms with E-state index in [0.717, 1.165) is 29.9 Å². The van der Waals surface area contributed by atoms with Gasteiger partial charge in [0.15, 0.2) is 5.82 Å². The first kappa shape index (κ1) is 13.7. The number of fused-ring (bicyclic) bond motifs is 1. The predicted octanol–water partition coefficient (Wildman–Crippen LogP) is 4.37. The molecular formula is C15H15Cl2N3. The third-order valence-electron chi connectivity index (χ3n) is 3.54. The standard InChI is InChI=1S/C15H15Cl2N3/c1-18-15-12-4-2-3-5-13(12)19-14(20-15)9-6-10(16)8-11(17)7-9/h6-8H,2-5H2,1H3,(H,18,19,20). The lowest BCUT2D eigenvalue weighted by Gasteiger charge is -2.19. The fourth-order valence-corrected chi connectivity index (χ4v) is 3.14. The van der Waals surface area contributed by atoms with Gasteiger partial charge in [-0.3, -0.25) is 0 Å². The van der Waals surface area contributed by atoms with Crippen LogP contribution in [-0.4, -0.2) is 17.0 Å². The van der Waals surface area contributed by atoms with E-state index >= 15 is 0 Å². The van der Waals surface area contributed by atoms with Crippen molar-refractivity contribution in [3.05, 3.63) is 39.5 Å². The molecule has 3 nitrogen and oxygen atoms in total. The van der Waals surface area contributed by atoms with Crippen LogP contribution in [0.2, 0.25) is 10.0 Å². The van der Waals surface area contributed by atoms with Gasteiger partial charge in [-0.1, -0.05) is 23.2 Å². The van der Waals surface area contributed by atoms with Crippen molar-refractivity contribution < 1.29 is 0 Å². The Morgan fingerprint density at radius 1 is 1.00 bits per heavy atom. The van der Waals surface area contributed by atoms with Crippen molar-refractivity contribution in [2.24, 2.45) is 0 Å². The van der Waals surface area contributed by atoms with Crippen LogP contribution in [0.4, 0.5) is 5.82 Å². The fourth-order valence-electron chi connectivity index (χ4n) is 2.61. The molecule has 0 amide bonds. The van der Waals surface area contributed by atoms with Crippen LogP contribution in [-0.2, 0) is 12.8 Å². The first-order valence-corrected chi connectivity index (χ1v) is 7.47. The number of hydrogen-bond donors (Lipinski definition) is 1. The topological polar surface area (TPSA) is 37.8 Å². The maximum Gasteiger partial charge on any atom is 0.161 e. The van der Waals surface area contributed by atoms with Crippen molar-refractivity contribution in [1.29, 1.82) is 0 Å². The summed E-state index contributed by atoms with van der Waals surface area (Å²) in [5.74, 6) is 1.60. The summed E-state index contributed by atoms with van der Waals surface area (Å²) >= 11 is 12.1. The van der Waals surface area contributed by atoms with Gasteiger partial charge in [0.25, 0.3) is 0 Å². The Balaban J connectivity index is 2.14. The van der Waals surface area contributed by atoms with E-state index in [4.69, 9.17) is 28.2 Å². The minimum Gasteiger partial charge on any atom is -0.373 e. The van der Waals surface area contributed by atoms with Crippen molar-refractivity contribution >= 4 is 29.0 Å². The zero-order chi connectivity index (χ0) is 14.1. The smallest absolute Gasteiger partial charge is 0.161 e. The van der Waals surface area contributed by atoms with Crippen molar-refractivity contribution in [2.75, 3.05) is 12.4 Å². The summed E-state index contributed by atoms with van der Waals surface area (Å²) in [4.78, 5) is 9.32. The molecular weight excluding hydrogens is 293 g/mol. The van der Waals surface area contributed by atoms with E-state index < -0.39 is 0 Å².